The van der Waals surface area contributed by atoms with Crippen LogP contribution in [0.15, 0.2) is 23.0 Å². The van der Waals surface area contributed by atoms with Crippen molar-refractivity contribution in [1.29, 1.82) is 0 Å². The van der Waals surface area contributed by atoms with E-state index in [0.29, 0.717) is 22.8 Å². The van der Waals surface area contributed by atoms with Gasteiger partial charge in [0.1, 0.15) is 5.82 Å². The van der Waals surface area contributed by atoms with Gasteiger partial charge >= 0.3 is 0 Å². The van der Waals surface area contributed by atoms with Gasteiger partial charge in [-0.05, 0) is 12.1 Å². The summed E-state index contributed by atoms with van der Waals surface area (Å²) >= 11 is 0. The van der Waals surface area contributed by atoms with Gasteiger partial charge in [0.25, 0.3) is 5.56 Å². The number of ether oxygens (including phenoxy) is 3. The van der Waals surface area contributed by atoms with Crippen LogP contribution in [0.2, 0.25) is 0 Å². The standard InChI is InChI=1S/C13H14N2O5/c1-18-8-4-7(5-9(19-2)12(8)20-3)13-14-10(16)6-11(17)15-13/h4-6H,1-3H3,(H2,14,15,16,17). The number of hydrogen-bond donors (Lipinski definition) is 2. The first-order chi connectivity index (χ1) is 9.58. The van der Waals surface area contributed by atoms with Crippen molar-refractivity contribution in [3.8, 4) is 34.5 Å². The van der Waals surface area contributed by atoms with Crippen LogP contribution in [0.1, 0.15) is 0 Å². The third-order valence-corrected chi connectivity index (χ3v) is 2.67. The Balaban J connectivity index is 2.65. The molecule has 0 spiro atoms. The average Bonchev–Trinajstić information content (AvgIpc) is 2.44. The zero-order valence-electron chi connectivity index (χ0n) is 11.3. The minimum atomic E-state index is -0.457. The molecule has 106 valence electrons. The minimum absolute atomic E-state index is 0.203. The number of aromatic nitrogens is 2. The summed E-state index contributed by atoms with van der Waals surface area (Å²) in [5.41, 5.74) is 0.0637. The highest BCUT2D eigenvalue weighted by molar-refractivity contribution is 5.66. The Bertz CT molecular complexity index is 656. The number of aromatic amines is 1. The van der Waals surface area contributed by atoms with Crippen molar-refractivity contribution >= 4 is 0 Å². The first-order valence-corrected chi connectivity index (χ1v) is 5.69. The van der Waals surface area contributed by atoms with E-state index in [1.165, 1.54) is 21.3 Å². The van der Waals surface area contributed by atoms with Crippen molar-refractivity contribution in [1.82, 2.24) is 9.97 Å². The Kier molecular flexibility index (Phi) is 3.79. The van der Waals surface area contributed by atoms with Gasteiger partial charge in [0, 0.05) is 5.56 Å². The Morgan fingerprint density at radius 3 is 2.10 bits per heavy atom. The number of benzene rings is 1. The van der Waals surface area contributed by atoms with Gasteiger partial charge in [-0.3, -0.25) is 4.79 Å². The molecular formula is C13H14N2O5. The summed E-state index contributed by atoms with van der Waals surface area (Å²) < 4.78 is 15.6. The molecule has 7 nitrogen and oxygen atoms in total. The van der Waals surface area contributed by atoms with E-state index in [9.17, 15) is 9.90 Å². The summed E-state index contributed by atoms with van der Waals surface area (Å²) in [6, 6.07) is 4.24. The van der Waals surface area contributed by atoms with Crippen molar-refractivity contribution in [3.63, 3.8) is 0 Å². The molecule has 0 aliphatic heterocycles. The Morgan fingerprint density at radius 2 is 1.65 bits per heavy atom. The van der Waals surface area contributed by atoms with E-state index in [2.05, 4.69) is 9.97 Å². The number of hydrogen-bond acceptors (Lipinski definition) is 6. The van der Waals surface area contributed by atoms with Gasteiger partial charge in [-0.15, -0.1) is 0 Å². The van der Waals surface area contributed by atoms with E-state index in [1.54, 1.807) is 12.1 Å². The fraction of sp³-hybridized carbons (Fsp3) is 0.231. The quantitative estimate of drug-likeness (QED) is 0.872. The first-order valence-electron chi connectivity index (χ1n) is 5.69. The number of aromatic hydroxyl groups is 1. The molecule has 1 heterocycles. The molecule has 1 aromatic carbocycles. The number of nitrogens with one attached hydrogen (secondary N) is 1. The van der Waals surface area contributed by atoms with E-state index in [-0.39, 0.29) is 11.7 Å². The molecule has 0 amide bonds. The molecule has 0 aliphatic rings. The maximum absolute atomic E-state index is 11.4. The van der Waals surface area contributed by atoms with Gasteiger partial charge in [-0.2, -0.15) is 4.98 Å². The third kappa shape index (κ3) is 2.51. The topological polar surface area (TPSA) is 93.7 Å². The van der Waals surface area contributed by atoms with Crippen molar-refractivity contribution < 1.29 is 19.3 Å². The van der Waals surface area contributed by atoms with Gasteiger partial charge in [0.2, 0.25) is 11.6 Å². The van der Waals surface area contributed by atoms with Crippen molar-refractivity contribution in [2.75, 3.05) is 21.3 Å². The molecule has 0 bridgehead atoms. The van der Waals surface area contributed by atoms with Crippen LogP contribution in [0.25, 0.3) is 11.4 Å². The van der Waals surface area contributed by atoms with Gasteiger partial charge in [0.05, 0.1) is 27.4 Å². The molecule has 0 atom stereocenters. The lowest BCUT2D eigenvalue weighted by atomic mass is 10.1. The molecule has 0 saturated heterocycles. The maximum atomic E-state index is 11.4. The molecule has 0 saturated carbocycles. The molecule has 2 rings (SSSR count). The SMILES string of the molecule is COc1cc(-c2nc(O)cc(=O)[nH]2)cc(OC)c1OC. The summed E-state index contributed by atoms with van der Waals surface area (Å²) in [7, 11) is 4.47. The summed E-state index contributed by atoms with van der Waals surface area (Å²) in [4.78, 5) is 17.8. The molecule has 1 aromatic heterocycles. The Labute approximate surface area is 114 Å². The van der Waals surface area contributed by atoms with Crippen LogP contribution in [0.5, 0.6) is 23.1 Å². The lowest BCUT2D eigenvalue weighted by Gasteiger charge is -2.13. The predicted molar refractivity (Wildman–Crippen MR) is 71.6 cm³/mol. The maximum Gasteiger partial charge on any atom is 0.254 e. The van der Waals surface area contributed by atoms with Gasteiger partial charge in [0.15, 0.2) is 11.5 Å². The van der Waals surface area contributed by atoms with Crippen LogP contribution < -0.4 is 19.8 Å². The van der Waals surface area contributed by atoms with Gasteiger partial charge in [-0.25, -0.2) is 0 Å². The molecule has 2 aromatic rings. The molecule has 0 aliphatic carbocycles. The average molecular weight is 278 g/mol. The highest BCUT2D eigenvalue weighted by atomic mass is 16.5. The largest absolute Gasteiger partial charge is 0.493 e. The van der Waals surface area contributed by atoms with E-state index in [4.69, 9.17) is 14.2 Å². The van der Waals surface area contributed by atoms with Crippen LogP contribution >= 0.6 is 0 Å². The van der Waals surface area contributed by atoms with E-state index in [1.807, 2.05) is 0 Å². The van der Waals surface area contributed by atoms with Gasteiger partial charge in [-0.1, -0.05) is 0 Å². The molecule has 7 heteroatoms. The van der Waals surface area contributed by atoms with E-state index < -0.39 is 5.56 Å². The summed E-state index contributed by atoms with van der Waals surface area (Å²) in [5.74, 6) is 1.12. The lowest BCUT2D eigenvalue weighted by molar-refractivity contribution is 0.324. The molecule has 0 fully saturated rings. The van der Waals surface area contributed by atoms with Crippen LogP contribution in [0, 0.1) is 0 Å². The summed E-state index contributed by atoms with van der Waals surface area (Å²) in [6.07, 6.45) is 0. The normalized spacial score (nSPS) is 10.2. The Morgan fingerprint density at radius 1 is 1.05 bits per heavy atom. The summed E-state index contributed by atoms with van der Waals surface area (Å²) in [6.45, 7) is 0. The highest BCUT2D eigenvalue weighted by Crippen LogP contribution is 2.40. The van der Waals surface area contributed by atoms with Crippen molar-refractivity contribution in [3.05, 3.63) is 28.6 Å². The van der Waals surface area contributed by atoms with Crippen LogP contribution in [-0.2, 0) is 0 Å². The third-order valence-electron chi connectivity index (χ3n) is 2.67. The van der Waals surface area contributed by atoms with Gasteiger partial charge < -0.3 is 24.3 Å². The molecule has 0 unspecified atom stereocenters. The second-order valence-corrected chi connectivity index (χ2v) is 3.87. The molecule has 2 N–H and O–H groups in total. The highest BCUT2D eigenvalue weighted by Gasteiger charge is 2.15. The zero-order chi connectivity index (χ0) is 14.7. The van der Waals surface area contributed by atoms with E-state index in [0.717, 1.165) is 6.07 Å². The zero-order valence-corrected chi connectivity index (χ0v) is 11.3. The Hall–Kier alpha value is -2.70. The fourth-order valence-corrected chi connectivity index (χ4v) is 1.80. The fourth-order valence-electron chi connectivity index (χ4n) is 1.80. The van der Waals surface area contributed by atoms with Crippen molar-refractivity contribution in [2.45, 2.75) is 0 Å². The van der Waals surface area contributed by atoms with Crippen LogP contribution in [0.3, 0.4) is 0 Å². The number of nitrogens with zero attached hydrogens (tertiary/aromatic N) is 1. The second kappa shape index (κ2) is 5.52. The molecule has 0 radical (unpaired) electrons. The minimum Gasteiger partial charge on any atom is -0.493 e. The van der Waals surface area contributed by atoms with Crippen molar-refractivity contribution in [2.24, 2.45) is 0 Å². The second-order valence-electron chi connectivity index (χ2n) is 3.87. The monoisotopic (exact) mass is 278 g/mol. The number of rotatable bonds is 4. The lowest BCUT2D eigenvalue weighted by Crippen LogP contribution is -2.07. The smallest absolute Gasteiger partial charge is 0.254 e. The van der Waals surface area contributed by atoms with Crippen LogP contribution in [-0.4, -0.2) is 36.4 Å². The van der Waals surface area contributed by atoms with Crippen LogP contribution in [0.4, 0.5) is 0 Å². The first kappa shape index (κ1) is 13.7. The molecule has 20 heavy (non-hydrogen) atoms. The summed E-state index contributed by atoms with van der Waals surface area (Å²) in [5, 5.41) is 9.39. The number of H-pyrrole nitrogens is 1. The predicted octanol–water partition coefficient (Wildman–Crippen LogP) is 1.17. The molecular weight excluding hydrogens is 264 g/mol. The number of methoxy groups -OCH3 is 3. The van der Waals surface area contributed by atoms with E-state index >= 15 is 0 Å².